The Balaban J connectivity index is 1.75. The highest BCUT2D eigenvalue weighted by atomic mass is 32.1. The number of benzene rings is 1. The fourth-order valence-electron chi connectivity index (χ4n) is 1.98. The van der Waals surface area contributed by atoms with Gasteiger partial charge >= 0.3 is 0 Å². The zero-order valence-corrected chi connectivity index (χ0v) is 13.8. The van der Waals surface area contributed by atoms with Crippen LogP contribution in [0.1, 0.15) is 10.4 Å². The number of likely N-dealkylation sites (N-methyl/N-ethyl adjacent to an activating group) is 1. The Kier molecular flexibility index (Phi) is 6.17. The predicted octanol–water partition coefficient (Wildman–Crippen LogP) is 2.94. The van der Waals surface area contributed by atoms with E-state index in [0.29, 0.717) is 11.6 Å². The second kappa shape index (κ2) is 8.12. The van der Waals surface area contributed by atoms with Crippen LogP contribution in [-0.4, -0.2) is 36.6 Å². The van der Waals surface area contributed by atoms with Crippen molar-refractivity contribution in [3.05, 3.63) is 52.2 Å². The Morgan fingerprint density at radius 2 is 2.05 bits per heavy atom. The van der Waals surface area contributed by atoms with E-state index in [-0.39, 0.29) is 0 Å². The molecule has 0 bridgehead atoms. The molecule has 0 saturated carbocycles. The molecule has 0 spiro atoms. The Bertz CT molecular complexity index is 569. The minimum atomic E-state index is 0.372. The lowest BCUT2D eigenvalue weighted by atomic mass is 10.2. The maximum Gasteiger partial charge on any atom is 0.129 e. The number of thiocarbonyl (C=S) groups is 1. The lowest BCUT2D eigenvalue weighted by Crippen LogP contribution is -2.26. The summed E-state index contributed by atoms with van der Waals surface area (Å²) in [7, 11) is 2.11. The Labute approximate surface area is 135 Å². The SMILES string of the molecule is CN(CCOc1ccccc1C(N)=S)CCc1cccs1. The number of hydrogen-bond acceptors (Lipinski definition) is 4. The van der Waals surface area contributed by atoms with Crippen LogP contribution in [0.3, 0.4) is 0 Å². The minimum absolute atomic E-state index is 0.372. The van der Waals surface area contributed by atoms with Gasteiger partial charge in [0.05, 0.1) is 5.56 Å². The molecule has 5 heteroatoms. The molecule has 0 unspecified atom stereocenters. The van der Waals surface area contributed by atoms with Crippen LogP contribution in [-0.2, 0) is 6.42 Å². The molecule has 1 aromatic heterocycles. The minimum Gasteiger partial charge on any atom is -0.492 e. The topological polar surface area (TPSA) is 38.5 Å². The molecule has 2 aromatic rings. The average molecular weight is 320 g/mol. The van der Waals surface area contributed by atoms with Gasteiger partial charge in [0.25, 0.3) is 0 Å². The zero-order chi connectivity index (χ0) is 15.1. The quantitative estimate of drug-likeness (QED) is 0.759. The standard InChI is InChI=1S/C16H20N2OS2/c1-18(9-8-13-5-4-12-21-13)10-11-19-15-7-3-2-6-14(15)16(17)20/h2-7,12H,8-11H2,1H3,(H2,17,20). The van der Waals surface area contributed by atoms with E-state index in [1.54, 1.807) is 11.3 Å². The highest BCUT2D eigenvalue weighted by Gasteiger charge is 2.06. The molecule has 0 aliphatic heterocycles. The number of rotatable bonds is 8. The first kappa shape index (κ1) is 15.9. The van der Waals surface area contributed by atoms with E-state index in [0.717, 1.165) is 30.8 Å². The van der Waals surface area contributed by atoms with Crippen molar-refractivity contribution < 1.29 is 4.74 Å². The molecule has 2 rings (SSSR count). The van der Waals surface area contributed by atoms with Crippen LogP contribution in [0.25, 0.3) is 0 Å². The normalized spacial score (nSPS) is 10.8. The van der Waals surface area contributed by atoms with E-state index in [4.69, 9.17) is 22.7 Å². The summed E-state index contributed by atoms with van der Waals surface area (Å²) in [5.41, 5.74) is 6.49. The van der Waals surface area contributed by atoms with Gasteiger partial charge in [-0.25, -0.2) is 0 Å². The maximum absolute atomic E-state index is 5.80. The second-order valence-electron chi connectivity index (χ2n) is 4.84. The summed E-state index contributed by atoms with van der Waals surface area (Å²) in [6.07, 6.45) is 1.08. The van der Waals surface area contributed by atoms with Crippen molar-refractivity contribution in [2.24, 2.45) is 5.73 Å². The fourth-order valence-corrected chi connectivity index (χ4v) is 2.84. The molecule has 0 amide bonds. The number of ether oxygens (including phenoxy) is 1. The highest BCUT2D eigenvalue weighted by Crippen LogP contribution is 2.17. The van der Waals surface area contributed by atoms with Gasteiger partial charge in [-0.2, -0.15) is 0 Å². The summed E-state index contributed by atoms with van der Waals surface area (Å²) < 4.78 is 5.80. The lowest BCUT2D eigenvalue weighted by Gasteiger charge is -2.17. The molecular weight excluding hydrogens is 300 g/mol. The summed E-state index contributed by atoms with van der Waals surface area (Å²) in [6.45, 7) is 2.53. The van der Waals surface area contributed by atoms with Crippen molar-refractivity contribution in [1.29, 1.82) is 0 Å². The molecule has 0 saturated heterocycles. The van der Waals surface area contributed by atoms with Crippen LogP contribution in [0, 0.1) is 0 Å². The van der Waals surface area contributed by atoms with Crippen molar-refractivity contribution in [3.8, 4) is 5.75 Å². The first-order valence-electron chi connectivity index (χ1n) is 6.89. The molecule has 112 valence electrons. The van der Waals surface area contributed by atoms with Crippen molar-refractivity contribution in [2.45, 2.75) is 6.42 Å². The summed E-state index contributed by atoms with van der Waals surface area (Å²) >= 11 is 6.83. The van der Waals surface area contributed by atoms with Crippen molar-refractivity contribution in [2.75, 3.05) is 26.7 Å². The Hall–Kier alpha value is -1.43. The molecule has 0 atom stereocenters. The van der Waals surface area contributed by atoms with Crippen molar-refractivity contribution >= 4 is 28.5 Å². The van der Waals surface area contributed by atoms with Crippen molar-refractivity contribution in [3.63, 3.8) is 0 Å². The molecule has 0 aliphatic rings. The number of hydrogen-bond donors (Lipinski definition) is 1. The van der Waals surface area contributed by atoms with E-state index in [9.17, 15) is 0 Å². The van der Waals surface area contributed by atoms with Gasteiger partial charge in [0, 0.05) is 18.0 Å². The third-order valence-corrected chi connectivity index (χ3v) is 4.36. The summed E-state index contributed by atoms with van der Waals surface area (Å²) in [6, 6.07) is 11.9. The van der Waals surface area contributed by atoms with Gasteiger partial charge in [0.15, 0.2) is 0 Å². The summed E-state index contributed by atoms with van der Waals surface area (Å²) in [5, 5.41) is 2.12. The summed E-state index contributed by atoms with van der Waals surface area (Å²) in [4.78, 5) is 4.06. The van der Waals surface area contributed by atoms with E-state index < -0.39 is 0 Å². The largest absolute Gasteiger partial charge is 0.492 e. The van der Waals surface area contributed by atoms with Crippen LogP contribution in [0.15, 0.2) is 41.8 Å². The first-order chi connectivity index (χ1) is 10.2. The number of para-hydroxylation sites is 1. The molecule has 3 nitrogen and oxygen atoms in total. The number of nitrogens with zero attached hydrogens (tertiary/aromatic N) is 1. The summed E-state index contributed by atoms with van der Waals surface area (Å²) in [5.74, 6) is 0.761. The molecule has 2 N–H and O–H groups in total. The van der Waals surface area contributed by atoms with Gasteiger partial charge in [-0.05, 0) is 37.0 Å². The number of thiophene rings is 1. The van der Waals surface area contributed by atoms with Crippen LogP contribution in [0.2, 0.25) is 0 Å². The average Bonchev–Trinajstić information content (AvgIpc) is 2.99. The molecule has 21 heavy (non-hydrogen) atoms. The second-order valence-corrected chi connectivity index (χ2v) is 6.31. The third kappa shape index (κ3) is 5.12. The lowest BCUT2D eigenvalue weighted by molar-refractivity contribution is 0.239. The molecule has 0 fully saturated rings. The van der Waals surface area contributed by atoms with Gasteiger partial charge in [-0.15, -0.1) is 11.3 Å². The van der Waals surface area contributed by atoms with Gasteiger partial charge in [0.1, 0.15) is 17.3 Å². The van der Waals surface area contributed by atoms with Gasteiger partial charge in [-0.1, -0.05) is 30.4 Å². The van der Waals surface area contributed by atoms with Crippen LogP contribution >= 0.6 is 23.6 Å². The first-order valence-corrected chi connectivity index (χ1v) is 8.18. The molecule has 0 radical (unpaired) electrons. The van der Waals surface area contributed by atoms with Crippen molar-refractivity contribution in [1.82, 2.24) is 4.90 Å². The maximum atomic E-state index is 5.80. The third-order valence-electron chi connectivity index (χ3n) is 3.20. The van der Waals surface area contributed by atoms with E-state index in [2.05, 4.69) is 29.5 Å². The highest BCUT2D eigenvalue weighted by molar-refractivity contribution is 7.80. The van der Waals surface area contributed by atoms with Gasteiger partial charge < -0.3 is 15.4 Å². The molecule has 1 aromatic carbocycles. The van der Waals surface area contributed by atoms with E-state index >= 15 is 0 Å². The Morgan fingerprint density at radius 3 is 2.76 bits per heavy atom. The molecule has 1 heterocycles. The smallest absolute Gasteiger partial charge is 0.129 e. The monoisotopic (exact) mass is 320 g/mol. The van der Waals surface area contributed by atoms with Gasteiger partial charge in [-0.3, -0.25) is 0 Å². The predicted molar refractivity (Wildman–Crippen MR) is 93.3 cm³/mol. The molecule has 0 aliphatic carbocycles. The zero-order valence-electron chi connectivity index (χ0n) is 12.1. The van der Waals surface area contributed by atoms with Crippen LogP contribution in [0.4, 0.5) is 0 Å². The molecular formula is C16H20N2OS2. The Morgan fingerprint density at radius 1 is 1.24 bits per heavy atom. The fraction of sp³-hybridized carbons (Fsp3) is 0.312. The van der Waals surface area contributed by atoms with E-state index in [1.165, 1.54) is 4.88 Å². The van der Waals surface area contributed by atoms with Crippen LogP contribution < -0.4 is 10.5 Å². The van der Waals surface area contributed by atoms with Gasteiger partial charge in [0.2, 0.25) is 0 Å². The van der Waals surface area contributed by atoms with Crippen LogP contribution in [0.5, 0.6) is 5.75 Å². The number of nitrogens with two attached hydrogens (primary N) is 1. The van der Waals surface area contributed by atoms with E-state index in [1.807, 2.05) is 24.3 Å².